The Hall–Kier alpha value is -3.10. The summed E-state index contributed by atoms with van der Waals surface area (Å²) < 4.78 is 97.6. The molecule has 0 saturated heterocycles. The Morgan fingerprint density at radius 2 is 1.77 bits per heavy atom. The molecule has 23 heteroatoms. The molecule has 0 spiro atoms. The molecule has 0 bridgehead atoms. The van der Waals surface area contributed by atoms with Crippen molar-refractivity contribution in [3.8, 4) is 17.2 Å². The van der Waals surface area contributed by atoms with Gasteiger partial charge >= 0.3 is 47.6 Å². The summed E-state index contributed by atoms with van der Waals surface area (Å²) in [5, 5.41) is 7.92. The van der Waals surface area contributed by atoms with Crippen molar-refractivity contribution in [1.29, 1.82) is 0 Å². The number of nitrogens with two attached hydrogens (primary N) is 1. The first-order chi connectivity index (χ1) is 19.8. The predicted molar refractivity (Wildman–Crippen MR) is 129 cm³/mol. The van der Waals surface area contributed by atoms with Crippen LogP contribution in [-0.4, -0.2) is 57.2 Å². The van der Waals surface area contributed by atoms with E-state index in [0.29, 0.717) is 20.0 Å². The van der Waals surface area contributed by atoms with E-state index in [1.807, 2.05) is 0 Å². The molecular formula is C21H15ClF6N8NaO6P. The molecule has 44 heavy (non-hydrogen) atoms. The molecule has 4 aromatic rings. The van der Waals surface area contributed by atoms with E-state index in [4.69, 9.17) is 22.2 Å². The van der Waals surface area contributed by atoms with Crippen molar-refractivity contribution in [1.82, 2.24) is 34.1 Å². The van der Waals surface area contributed by atoms with Gasteiger partial charge in [-0.2, -0.15) is 31.0 Å². The van der Waals surface area contributed by atoms with E-state index >= 15 is 0 Å². The summed E-state index contributed by atoms with van der Waals surface area (Å²) in [5.74, 6) is -4.07. The first kappa shape index (κ1) is 35.4. The molecule has 0 saturated carbocycles. The molecule has 4 rings (SSSR count). The standard InChI is InChI=1S/C21H16ClF6N8O6P.Na/c22-11-5-3-10(4-6-11)16-33-35(19(38)34(16)8-13(21(26,27)28)42-43(39,40)41)9-14-31-18(15(29)37)36(32-14)17-12(20(23,24)25)2-1-7-30-17;/h1-7,13H,8-9H2,(H2,29,37)(H2,39,40,41);/q;+1/p-1/t13-;/m0./s1. The van der Waals surface area contributed by atoms with Crippen molar-refractivity contribution >= 4 is 25.3 Å². The van der Waals surface area contributed by atoms with Gasteiger partial charge in [0.1, 0.15) is 12.1 Å². The number of phosphoric ester groups is 1. The van der Waals surface area contributed by atoms with Crippen molar-refractivity contribution in [2.75, 3.05) is 0 Å². The van der Waals surface area contributed by atoms with Gasteiger partial charge in [-0.05, 0) is 36.4 Å². The number of primary amides is 1. The van der Waals surface area contributed by atoms with Gasteiger partial charge in [0.15, 0.2) is 23.6 Å². The summed E-state index contributed by atoms with van der Waals surface area (Å²) in [6.45, 7) is -2.35. The topological polar surface area (TPSA) is 196 Å². The second kappa shape index (κ2) is 13.1. The molecule has 0 aliphatic rings. The SMILES string of the molecule is NC(=O)c1nc(Cn2nc(-c3ccc(Cl)cc3)n(C[C@H](OP(=O)([O-])O)C(F)(F)F)c2=O)nn1-c1ncccc1C(F)(F)F.[Na+]. The number of benzene rings is 1. The van der Waals surface area contributed by atoms with Crippen LogP contribution in [0.25, 0.3) is 17.2 Å². The summed E-state index contributed by atoms with van der Waals surface area (Å²) in [4.78, 5) is 52.5. The van der Waals surface area contributed by atoms with Crippen LogP contribution < -0.4 is 45.9 Å². The van der Waals surface area contributed by atoms with E-state index in [-0.39, 0.29) is 40.1 Å². The van der Waals surface area contributed by atoms with Gasteiger partial charge in [0.05, 0.1) is 6.54 Å². The molecular weight excluding hydrogens is 664 g/mol. The number of alkyl halides is 6. The van der Waals surface area contributed by atoms with Crippen LogP contribution in [0.1, 0.15) is 22.0 Å². The van der Waals surface area contributed by atoms with E-state index < -0.39 is 79.8 Å². The van der Waals surface area contributed by atoms with Crippen LogP contribution in [0, 0.1) is 0 Å². The summed E-state index contributed by atoms with van der Waals surface area (Å²) >= 11 is 5.84. The zero-order valence-electron chi connectivity index (χ0n) is 21.8. The average Bonchev–Trinajstić information content (AvgIpc) is 3.44. The molecule has 0 aliphatic heterocycles. The minimum atomic E-state index is -5.95. The van der Waals surface area contributed by atoms with E-state index in [0.717, 1.165) is 12.3 Å². The van der Waals surface area contributed by atoms with Gasteiger partial charge in [-0.1, -0.05) is 11.6 Å². The van der Waals surface area contributed by atoms with E-state index in [2.05, 4.69) is 24.7 Å². The molecule has 0 radical (unpaired) electrons. The monoisotopic (exact) mass is 678 g/mol. The molecule has 3 aromatic heterocycles. The summed E-state index contributed by atoms with van der Waals surface area (Å²) in [6.07, 6.45) is -12.6. The number of rotatable bonds is 9. The Labute approximate surface area is 268 Å². The predicted octanol–water partition coefficient (Wildman–Crippen LogP) is -1.08. The van der Waals surface area contributed by atoms with Crippen molar-refractivity contribution in [3.63, 3.8) is 0 Å². The van der Waals surface area contributed by atoms with Crippen molar-refractivity contribution in [2.24, 2.45) is 5.73 Å². The number of carbonyl (C=O) groups excluding carboxylic acids is 1. The van der Waals surface area contributed by atoms with Gasteiger partial charge in [0, 0.05) is 16.8 Å². The maximum Gasteiger partial charge on any atom is 1.00 e. The van der Waals surface area contributed by atoms with Crippen LogP contribution in [0.2, 0.25) is 5.02 Å². The smallest absolute Gasteiger partial charge is 0.756 e. The molecule has 3 N–H and O–H groups in total. The fourth-order valence-corrected chi connectivity index (χ4v) is 4.33. The molecule has 1 aromatic carbocycles. The maximum absolute atomic E-state index is 13.6. The second-order valence-corrected chi connectivity index (χ2v) is 10.1. The quantitative estimate of drug-likeness (QED) is 0.125. The number of aromatic nitrogens is 7. The second-order valence-electron chi connectivity index (χ2n) is 8.49. The zero-order chi connectivity index (χ0) is 31.9. The Morgan fingerprint density at radius 1 is 1.14 bits per heavy atom. The van der Waals surface area contributed by atoms with Crippen molar-refractivity contribution < 1.29 is 79.6 Å². The van der Waals surface area contributed by atoms with E-state index in [1.54, 1.807) is 0 Å². The Bertz CT molecular complexity index is 1770. The van der Waals surface area contributed by atoms with Crippen LogP contribution in [0.15, 0.2) is 47.4 Å². The molecule has 1 amide bonds. The third kappa shape index (κ3) is 8.13. The minimum Gasteiger partial charge on any atom is -0.756 e. The molecule has 0 aliphatic carbocycles. The first-order valence-corrected chi connectivity index (χ1v) is 13.2. The van der Waals surface area contributed by atoms with E-state index in [1.165, 1.54) is 24.3 Å². The Kier molecular flexibility index (Phi) is 10.5. The van der Waals surface area contributed by atoms with Crippen LogP contribution >= 0.6 is 19.4 Å². The van der Waals surface area contributed by atoms with Gasteiger partial charge in [-0.3, -0.25) is 13.9 Å². The molecule has 2 atom stereocenters. The van der Waals surface area contributed by atoms with Crippen molar-refractivity contribution in [2.45, 2.75) is 31.5 Å². The number of carbonyl (C=O) groups is 1. The first-order valence-electron chi connectivity index (χ1n) is 11.4. The molecule has 1 unspecified atom stereocenters. The van der Waals surface area contributed by atoms with Gasteiger partial charge in [0.25, 0.3) is 13.7 Å². The van der Waals surface area contributed by atoms with Crippen LogP contribution in [0.5, 0.6) is 0 Å². The van der Waals surface area contributed by atoms with Crippen LogP contribution in [0.3, 0.4) is 0 Å². The zero-order valence-corrected chi connectivity index (χ0v) is 25.5. The van der Waals surface area contributed by atoms with Crippen LogP contribution in [-0.2, 0) is 28.4 Å². The van der Waals surface area contributed by atoms with Gasteiger partial charge in [-0.15, -0.1) is 10.2 Å². The van der Waals surface area contributed by atoms with Gasteiger partial charge in [-0.25, -0.2) is 19.4 Å². The number of hydrogen-bond acceptors (Lipinski definition) is 9. The third-order valence-electron chi connectivity index (χ3n) is 5.45. The number of nitrogens with zero attached hydrogens (tertiary/aromatic N) is 7. The summed E-state index contributed by atoms with van der Waals surface area (Å²) in [5.41, 5.74) is 2.61. The maximum atomic E-state index is 13.6. The molecule has 230 valence electrons. The minimum absolute atomic E-state index is 0. The fourth-order valence-electron chi connectivity index (χ4n) is 3.69. The largest absolute Gasteiger partial charge is 1.00 e. The number of pyridine rings is 1. The van der Waals surface area contributed by atoms with Crippen molar-refractivity contribution in [3.05, 3.63) is 75.3 Å². The summed E-state index contributed by atoms with van der Waals surface area (Å²) in [7, 11) is -5.95. The molecule has 3 heterocycles. The third-order valence-corrected chi connectivity index (χ3v) is 6.23. The van der Waals surface area contributed by atoms with Gasteiger partial charge < -0.3 is 20.0 Å². The normalized spacial score (nSPS) is 14.1. The molecule has 14 nitrogen and oxygen atoms in total. The fraction of sp³-hybridized carbons (Fsp3) is 0.238. The number of phosphoric acid groups is 1. The number of halogens is 7. The number of hydrogen-bond donors (Lipinski definition) is 2. The molecule has 0 fully saturated rings. The van der Waals surface area contributed by atoms with E-state index in [9.17, 15) is 45.4 Å². The average molecular weight is 679 g/mol. The Morgan fingerprint density at radius 3 is 2.32 bits per heavy atom. The Balaban J connectivity index is 0.00000529. The number of amides is 1. The van der Waals surface area contributed by atoms with Crippen LogP contribution in [0.4, 0.5) is 26.3 Å². The van der Waals surface area contributed by atoms with Gasteiger partial charge in [0.2, 0.25) is 5.82 Å². The summed E-state index contributed by atoms with van der Waals surface area (Å²) in [6, 6.07) is 6.74.